The van der Waals surface area contributed by atoms with Crippen LogP contribution >= 0.6 is 11.6 Å². The van der Waals surface area contributed by atoms with Crippen LogP contribution < -0.4 is 10.2 Å². The number of halogens is 1. The maximum atomic E-state index is 14.0. The van der Waals surface area contributed by atoms with E-state index in [4.69, 9.17) is 11.6 Å². The van der Waals surface area contributed by atoms with E-state index in [0.29, 0.717) is 22.1 Å². The number of nitrogens with zero attached hydrogens (tertiary/aromatic N) is 6. The summed E-state index contributed by atoms with van der Waals surface area (Å²) in [6.45, 7) is 9.33. The standard InChI is InChI=1S/C28H30ClN7O2/c1-18-6-7-19(2)23(16-18)36(25(20-12-14-30-15-13-20)27(38)31-28(3,4)5)24(37)17-35-33-26(32-34-35)21-8-10-22(29)11-9-21/h6-16,25H,17H2,1-5H3,(H,31,38). The van der Waals surface area contributed by atoms with Crippen molar-refractivity contribution in [3.05, 3.63) is 88.7 Å². The van der Waals surface area contributed by atoms with Crippen molar-refractivity contribution in [3.63, 3.8) is 0 Å². The van der Waals surface area contributed by atoms with Gasteiger partial charge in [-0.25, -0.2) is 0 Å². The van der Waals surface area contributed by atoms with Gasteiger partial charge in [-0.15, -0.1) is 10.2 Å². The fourth-order valence-electron chi connectivity index (χ4n) is 4.02. The molecule has 1 unspecified atom stereocenters. The number of carbonyl (C=O) groups excluding carboxylic acids is 2. The largest absolute Gasteiger partial charge is 0.349 e. The maximum absolute atomic E-state index is 14.0. The summed E-state index contributed by atoms with van der Waals surface area (Å²) in [5, 5.41) is 16.2. The second-order valence-corrected chi connectivity index (χ2v) is 10.6. The highest BCUT2D eigenvalue weighted by atomic mass is 35.5. The van der Waals surface area contributed by atoms with Crippen molar-refractivity contribution in [2.75, 3.05) is 4.90 Å². The van der Waals surface area contributed by atoms with Gasteiger partial charge < -0.3 is 5.32 Å². The molecular weight excluding hydrogens is 502 g/mol. The summed E-state index contributed by atoms with van der Waals surface area (Å²) in [7, 11) is 0. The number of carbonyl (C=O) groups is 2. The Morgan fingerprint density at radius 1 is 1.03 bits per heavy atom. The lowest BCUT2D eigenvalue weighted by molar-refractivity contribution is -0.128. The van der Waals surface area contributed by atoms with Crippen molar-refractivity contribution in [2.24, 2.45) is 0 Å². The summed E-state index contributed by atoms with van der Waals surface area (Å²) in [4.78, 5) is 34.6. The minimum atomic E-state index is -0.954. The Bertz CT molecular complexity index is 1430. The van der Waals surface area contributed by atoms with E-state index in [1.807, 2.05) is 52.8 Å². The molecule has 0 aliphatic carbocycles. The van der Waals surface area contributed by atoms with Gasteiger partial charge in [0.25, 0.3) is 5.91 Å². The smallest absolute Gasteiger partial charge is 0.251 e. The summed E-state index contributed by atoms with van der Waals surface area (Å²) in [6, 6.07) is 15.4. The van der Waals surface area contributed by atoms with Gasteiger partial charge in [0.1, 0.15) is 12.6 Å². The molecule has 10 heteroatoms. The van der Waals surface area contributed by atoms with Gasteiger partial charge in [0.15, 0.2) is 0 Å². The number of nitrogens with one attached hydrogen (secondary N) is 1. The van der Waals surface area contributed by atoms with Crippen LogP contribution in [0.2, 0.25) is 5.02 Å². The number of tetrazole rings is 1. The molecule has 0 aliphatic heterocycles. The van der Waals surface area contributed by atoms with Crippen LogP contribution in [0.5, 0.6) is 0 Å². The van der Waals surface area contributed by atoms with E-state index in [9.17, 15) is 9.59 Å². The first-order valence-corrected chi connectivity index (χ1v) is 12.5. The average Bonchev–Trinajstić information content (AvgIpc) is 3.32. The van der Waals surface area contributed by atoms with Crippen LogP contribution in [0, 0.1) is 13.8 Å². The topological polar surface area (TPSA) is 106 Å². The lowest BCUT2D eigenvalue weighted by Crippen LogP contribution is -2.50. The zero-order valence-corrected chi connectivity index (χ0v) is 22.8. The molecule has 0 fully saturated rings. The molecule has 38 heavy (non-hydrogen) atoms. The highest BCUT2D eigenvalue weighted by Gasteiger charge is 2.35. The van der Waals surface area contributed by atoms with Gasteiger partial charge in [-0.3, -0.25) is 19.5 Å². The van der Waals surface area contributed by atoms with Gasteiger partial charge in [0.2, 0.25) is 11.7 Å². The summed E-state index contributed by atoms with van der Waals surface area (Å²) in [6.07, 6.45) is 3.21. The van der Waals surface area contributed by atoms with Crippen LogP contribution in [-0.2, 0) is 16.1 Å². The number of rotatable bonds is 7. The minimum Gasteiger partial charge on any atom is -0.349 e. The second kappa shape index (κ2) is 11.1. The predicted molar refractivity (Wildman–Crippen MR) is 147 cm³/mol. The summed E-state index contributed by atoms with van der Waals surface area (Å²) in [5.74, 6) is -0.320. The van der Waals surface area contributed by atoms with E-state index in [0.717, 1.165) is 16.7 Å². The number of hydrogen-bond acceptors (Lipinski definition) is 6. The van der Waals surface area contributed by atoms with Crippen LogP contribution in [0.1, 0.15) is 43.5 Å². The fraction of sp³-hybridized carbons (Fsp3) is 0.286. The normalized spacial score (nSPS) is 12.2. The third kappa shape index (κ3) is 6.41. The minimum absolute atomic E-state index is 0.224. The molecule has 0 saturated heterocycles. The molecule has 9 nitrogen and oxygen atoms in total. The van der Waals surface area contributed by atoms with E-state index in [1.54, 1.807) is 48.8 Å². The van der Waals surface area contributed by atoms with Crippen LogP contribution in [0.4, 0.5) is 5.69 Å². The van der Waals surface area contributed by atoms with Crippen molar-refractivity contribution in [1.29, 1.82) is 0 Å². The molecule has 1 N–H and O–H groups in total. The van der Waals surface area contributed by atoms with Crippen molar-refractivity contribution in [2.45, 2.75) is 52.7 Å². The molecular formula is C28H30ClN7O2. The Morgan fingerprint density at radius 3 is 2.37 bits per heavy atom. The van der Waals surface area contributed by atoms with E-state index < -0.39 is 11.6 Å². The second-order valence-electron chi connectivity index (χ2n) is 10.1. The maximum Gasteiger partial charge on any atom is 0.251 e. The number of benzene rings is 2. The van der Waals surface area contributed by atoms with Crippen molar-refractivity contribution >= 4 is 29.1 Å². The highest BCUT2D eigenvalue weighted by molar-refractivity contribution is 6.30. The van der Waals surface area contributed by atoms with Gasteiger partial charge in [-0.05, 0) is 99.0 Å². The summed E-state index contributed by atoms with van der Waals surface area (Å²) in [5.41, 5.74) is 3.26. The molecule has 2 aromatic carbocycles. The van der Waals surface area contributed by atoms with Gasteiger partial charge in [0, 0.05) is 34.2 Å². The van der Waals surface area contributed by atoms with Crippen LogP contribution in [0.3, 0.4) is 0 Å². The third-order valence-corrected chi connectivity index (χ3v) is 6.00. The zero-order chi connectivity index (χ0) is 27.4. The molecule has 4 aromatic rings. The van der Waals surface area contributed by atoms with Crippen molar-refractivity contribution < 1.29 is 9.59 Å². The molecule has 0 bridgehead atoms. The Morgan fingerprint density at radius 2 is 1.71 bits per heavy atom. The Hall–Kier alpha value is -4.11. The Kier molecular flexibility index (Phi) is 7.87. The lowest BCUT2D eigenvalue weighted by atomic mass is 10.00. The molecule has 2 amide bonds. The molecule has 0 radical (unpaired) electrons. The fourth-order valence-corrected chi connectivity index (χ4v) is 4.15. The third-order valence-electron chi connectivity index (χ3n) is 5.75. The first-order chi connectivity index (χ1) is 18.0. The molecule has 4 rings (SSSR count). The SMILES string of the molecule is Cc1ccc(C)c(N(C(=O)Cn2nnc(-c3ccc(Cl)cc3)n2)C(C(=O)NC(C)(C)C)c2ccncc2)c1. The molecule has 0 spiro atoms. The lowest BCUT2D eigenvalue weighted by Gasteiger charge is -2.34. The van der Waals surface area contributed by atoms with E-state index in [-0.39, 0.29) is 18.4 Å². The first-order valence-electron chi connectivity index (χ1n) is 12.2. The van der Waals surface area contributed by atoms with Gasteiger partial charge in [0.05, 0.1) is 0 Å². The van der Waals surface area contributed by atoms with E-state index in [1.165, 1.54) is 9.70 Å². The number of aromatic nitrogens is 5. The summed E-state index contributed by atoms with van der Waals surface area (Å²) >= 11 is 5.99. The number of amides is 2. The molecule has 1 atom stereocenters. The highest BCUT2D eigenvalue weighted by Crippen LogP contribution is 2.32. The molecule has 0 aliphatic rings. The zero-order valence-electron chi connectivity index (χ0n) is 22.0. The number of aryl methyl sites for hydroxylation is 2. The van der Waals surface area contributed by atoms with E-state index >= 15 is 0 Å². The molecule has 2 aromatic heterocycles. The average molecular weight is 532 g/mol. The van der Waals surface area contributed by atoms with Crippen LogP contribution in [0.25, 0.3) is 11.4 Å². The molecule has 0 saturated carbocycles. The Balaban J connectivity index is 1.76. The van der Waals surface area contributed by atoms with Crippen molar-refractivity contribution in [1.82, 2.24) is 30.5 Å². The van der Waals surface area contributed by atoms with Crippen LogP contribution in [-0.4, -0.2) is 42.5 Å². The van der Waals surface area contributed by atoms with E-state index in [2.05, 4.69) is 25.7 Å². The molecule has 2 heterocycles. The monoisotopic (exact) mass is 531 g/mol. The van der Waals surface area contributed by atoms with Crippen molar-refractivity contribution in [3.8, 4) is 11.4 Å². The number of anilines is 1. The predicted octanol–water partition coefficient (Wildman–Crippen LogP) is 4.69. The number of hydrogen-bond donors (Lipinski definition) is 1. The van der Waals surface area contributed by atoms with Crippen LogP contribution in [0.15, 0.2) is 67.0 Å². The number of pyridine rings is 1. The Labute approximate surface area is 226 Å². The molecule has 196 valence electrons. The van der Waals surface area contributed by atoms with Gasteiger partial charge >= 0.3 is 0 Å². The van der Waals surface area contributed by atoms with Gasteiger partial charge in [-0.2, -0.15) is 4.80 Å². The van der Waals surface area contributed by atoms with Gasteiger partial charge in [-0.1, -0.05) is 23.7 Å². The quantitative estimate of drug-likeness (QED) is 0.370. The summed E-state index contributed by atoms with van der Waals surface area (Å²) < 4.78 is 0. The first kappa shape index (κ1) is 26.9.